The van der Waals surface area contributed by atoms with E-state index in [0.717, 1.165) is 5.56 Å². The molecule has 0 fully saturated rings. The monoisotopic (exact) mass is 365 g/mol. The molecule has 0 radical (unpaired) electrons. The fourth-order valence-electron chi connectivity index (χ4n) is 1.49. The molecule has 0 saturated heterocycles. The molecule has 1 aromatic carbocycles. The molecule has 0 saturated carbocycles. The Bertz CT molecular complexity index is 764. The van der Waals surface area contributed by atoms with Crippen molar-refractivity contribution >= 4 is 50.5 Å². The second kappa shape index (κ2) is 6.37. The maximum Gasteiger partial charge on any atom is 0.279 e. The molecule has 0 spiro atoms. The van der Waals surface area contributed by atoms with Crippen molar-refractivity contribution in [2.45, 2.75) is 11.6 Å². The van der Waals surface area contributed by atoms with E-state index in [1.54, 1.807) is 6.07 Å². The van der Waals surface area contributed by atoms with E-state index in [1.165, 1.54) is 24.4 Å². The number of sulfonamides is 1. The number of pyridine rings is 1. The summed E-state index contributed by atoms with van der Waals surface area (Å²) >= 11 is 17.6. The van der Waals surface area contributed by atoms with E-state index in [4.69, 9.17) is 40.5 Å². The molecule has 0 unspecified atom stereocenters. The van der Waals surface area contributed by atoms with Crippen molar-refractivity contribution in [3.63, 3.8) is 0 Å². The number of nitrogens with zero attached hydrogens (tertiary/aromatic N) is 1. The van der Waals surface area contributed by atoms with Gasteiger partial charge in [0.1, 0.15) is 0 Å². The number of nitrogens with one attached hydrogen (secondary N) is 1. The lowest BCUT2D eigenvalue weighted by atomic mass is 10.3. The maximum absolute atomic E-state index is 12.2. The van der Waals surface area contributed by atoms with Gasteiger partial charge in [-0.15, -0.1) is 0 Å². The Labute approximate surface area is 137 Å². The molecule has 1 heterocycles. The fourth-order valence-corrected chi connectivity index (χ4v) is 3.14. The molecule has 2 rings (SSSR count). The van der Waals surface area contributed by atoms with E-state index < -0.39 is 10.0 Å². The Kier molecular flexibility index (Phi) is 4.95. The zero-order valence-corrected chi connectivity index (χ0v) is 13.6. The highest BCUT2D eigenvalue weighted by Crippen LogP contribution is 2.33. The number of anilines is 1. The van der Waals surface area contributed by atoms with E-state index in [2.05, 4.69) is 9.71 Å². The first-order valence-corrected chi connectivity index (χ1v) is 8.27. The van der Waals surface area contributed by atoms with Gasteiger partial charge in [-0.25, -0.2) is 4.98 Å². The van der Waals surface area contributed by atoms with Gasteiger partial charge in [-0.1, -0.05) is 40.9 Å². The Morgan fingerprint density at radius 2 is 1.76 bits per heavy atom. The second-order valence-electron chi connectivity index (χ2n) is 4.06. The minimum Gasteiger partial charge on any atom is -0.326 e. The first kappa shape index (κ1) is 16.3. The highest BCUT2D eigenvalue weighted by atomic mass is 35.5. The van der Waals surface area contributed by atoms with Gasteiger partial charge in [-0.3, -0.25) is 4.72 Å². The van der Waals surface area contributed by atoms with Gasteiger partial charge >= 0.3 is 0 Å². The molecule has 0 bridgehead atoms. The Balaban J connectivity index is 2.34. The number of hydrogen-bond donors (Lipinski definition) is 2. The molecular weight excluding hydrogens is 357 g/mol. The standard InChI is InChI=1S/C12H10Cl3N3O2S/c13-8-3-10(15)11(4-9(8)14)18-21(19,20)12-2-1-7(5-16)6-17-12/h1-4,6,18H,5,16H2. The summed E-state index contributed by atoms with van der Waals surface area (Å²) in [6, 6.07) is 5.63. The molecule has 112 valence electrons. The molecule has 2 aromatic rings. The number of rotatable bonds is 4. The fraction of sp³-hybridized carbons (Fsp3) is 0.0833. The minimum absolute atomic E-state index is 0.121. The lowest BCUT2D eigenvalue weighted by molar-refractivity contribution is 0.597. The van der Waals surface area contributed by atoms with Gasteiger partial charge in [-0.2, -0.15) is 8.42 Å². The number of nitrogens with two attached hydrogens (primary N) is 1. The third kappa shape index (κ3) is 3.78. The molecule has 5 nitrogen and oxygen atoms in total. The quantitative estimate of drug-likeness (QED) is 0.813. The van der Waals surface area contributed by atoms with Crippen molar-refractivity contribution in [2.75, 3.05) is 4.72 Å². The normalized spacial score (nSPS) is 11.4. The lowest BCUT2D eigenvalue weighted by Crippen LogP contribution is -2.15. The van der Waals surface area contributed by atoms with Gasteiger partial charge in [0.2, 0.25) is 0 Å². The summed E-state index contributed by atoms with van der Waals surface area (Å²) in [6.45, 7) is 0.277. The van der Waals surface area contributed by atoms with Crippen molar-refractivity contribution < 1.29 is 8.42 Å². The van der Waals surface area contributed by atoms with Crippen molar-refractivity contribution in [2.24, 2.45) is 5.73 Å². The molecule has 0 aliphatic rings. The van der Waals surface area contributed by atoms with Gasteiger partial charge in [0, 0.05) is 12.7 Å². The van der Waals surface area contributed by atoms with Gasteiger partial charge in [0.25, 0.3) is 10.0 Å². The number of aromatic nitrogens is 1. The van der Waals surface area contributed by atoms with Crippen LogP contribution in [0, 0.1) is 0 Å². The van der Waals surface area contributed by atoms with E-state index in [0.29, 0.717) is 0 Å². The predicted molar refractivity (Wildman–Crippen MR) is 84.4 cm³/mol. The Morgan fingerprint density at radius 3 is 2.33 bits per heavy atom. The van der Waals surface area contributed by atoms with Crippen LogP contribution in [-0.2, 0) is 16.6 Å². The topological polar surface area (TPSA) is 85.1 Å². The summed E-state index contributed by atoms with van der Waals surface area (Å²) in [5.74, 6) is 0. The molecule has 9 heteroatoms. The van der Waals surface area contributed by atoms with Crippen LogP contribution >= 0.6 is 34.8 Å². The van der Waals surface area contributed by atoms with Gasteiger partial charge in [0.05, 0.1) is 20.8 Å². The van der Waals surface area contributed by atoms with E-state index in [9.17, 15) is 8.42 Å². The molecule has 3 N–H and O–H groups in total. The lowest BCUT2D eigenvalue weighted by Gasteiger charge is -2.10. The van der Waals surface area contributed by atoms with Crippen LogP contribution in [-0.4, -0.2) is 13.4 Å². The Hall–Kier alpha value is -1.05. The third-order valence-corrected chi connectivity index (χ3v) is 4.88. The zero-order valence-electron chi connectivity index (χ0n) is 10.5. The number of hydrogen-bond acceptors (Lipinski definition) is 4. The third-order valence-electron chi connectivity index (χ3n) is 2.56. The maximum atomic E-state index is 12.2. The summed E-state index contributed by atoms with van der Waals surface area (Å²) < 4.78 is 26.7. The first-order chi connectivity index (χ1) is 9.83. The molecular formula is C12H10Cl3N3O2S. The van der Waals surface area contributed by atoms with Crippen LogP contribution in [0.1, 0.15) is 5.56 Å². The van der Waals surface area contributed by atoms with Crippen LogP contribution < -0.4 is 10.5 Å². The zero-order chi connectivity index (χ0) is 15.6. The van der Waals surface area contributed by atoms with Crippen LogP contribution in [0.3, 0.4) is 0 Å². The highest BCUT2D eigenvalue weighted by Gasteiger charge is 2.18. The molecule has 0 aliphatic heterocycles. The van der Waals surface area contributed by atoms with Crippen LogP contribution in [0.2, 0.25) is 15.1 Å². The average Bonchev–Trinajstić information content (AvgIpc) is 2.44. The summed E-state index contributed by atoms with van der Waals surface area (Å²) in [5, 5.41) is 0.397. The van der Waals surface area contributed by atoms with Crippen LogP contribution in [0.4, 0.5) is 5.69 Å². The van der Waals surface area contributed by atoms with Crippen molar-refractivity contribution in [1.82, 2.24) is 4.98 Å². The highest BCUT2D eigenvalue weighted by molar-refractivity contribution is 7.92. The number of benzene rings is 1. The molecule has 21 heavy (non-hydrogen) atoms. The molecule has 0 aliphatic carbocycles. The predicted octanol–water partition coefficient (Wildman–Crippen LogP) is 3.30. The smallest absolute Gasteiger partial charge is 0.279 e. The molecule has 0 atom stereocenters. The number of halogens is 3. The van der Waals surface area contributed by atoms with Gasteiger partial charge < -0.3 is 5.73 Å². The first-order valence-electron chi connectivity index (χ1n) is 5.66. The summed E-state index contributed by atoms with van der Waals surface area (Å²) in [6.07, 6.45) is 1.39. The van der Waals surface area contributed by atoms with Crippen molar-refractivity contribution in [3.05, 3.63) is 51.1 Å². The largest absolute Gasteiger partial charge is 0.326 e. The van der Waals surface area contributed by atoms with Gasteiger partial charge in [0.15, 0.2) is 5.03 Å². The Morgan fingerprint density at radius 1 is 1.10 bits per heavy atom. The van der Waals surface area contributed by atoms with Crippen LogP contribution in [0.25, 0.3) is 0 Å². The second-order valence-corrected chi connectivity index (χ2v) is 6.91. The summed E-state index contributed by atoms with van der Waals surface area (Å²) in [7, 11) is -3.88. The van der Waals surface area contributed by atoms with Crippen molar-refractivity contribution in [1.29, 1.82) is 0 Å². The SMILES string of the molecule is NCc1ccc(S(=O)(=O)Nc2cc(Cl)c(Cl)cc2Cl)nc1. The van der Waals surface area contributed by atoms with E-state index >= 15 is 0 Å². The van der Waals surface area contributed by atoms with Crippen LogP contribution in [0.5, 0.6) is 0 Å². The van der Waals surface area contributed by atoms with Crippen LogP contribution in [0.15, 0.2) is 35.5 Å². The van der Waals surface area contributed by atoms with E-state index in [-0.39, 0.29) is 32.3 Å². The van der Waals surface area contributed by atoms with Gasteiger partial charge in [-0.05, 0) is 23.8 Å². The summed E-state index contributed by atoms with van der Waals surface area (Å²) in [5.41, 5.74) is 6.28. The van der Waals surface area contributed by atoms with E-state index in [1.807, 2.05) is 0 Å². The molecule has 1 aromatic heterocycles. The minimum atomic E-state index is -3.88. The average molecular weight is 367 g/mol. The summed E-state index contributed by atoms with van der Waals surface area (Å²) in [4.78, 5) is 3.85. The molecule has 0 amide bonds. The van der Waals surface area contributed by atoms with Crippen molar-refractivity contribution in [3.8, 4) is 0 Å².